The lowest BCUT2D eigenvalue weighted by molar-refractivity contribution is -0.153. The SMILES string of the molecule is COC(=O)c1cc2ccc(OCC(F)(F)F)cc2oc1=O. The molecule has 0 unspecified atom stereocenters. The second-order valence-electron chi connectivity index (χ2n) is 4.04. The summed E-state index contributed by atoms with van der Waals surface area (Å²) in [5, 5.41) is 0.356. The highest BCUT2D eigenvalue weighted by molar-refractivity contribution is 5.92. The third kappa shape index (κ3) is 3.53. The number of carbonyl (C=O) groups excluding carboxylic acids is 1. The Kier molecular flexibility index (Phi) is 3.88. The molecule has 1 heterocycles. The molecule has 0 fully saturated rings. The number of esters is 1. The molecule has 0 aliphatic heterocycles. The van der Waals surface area contributed by atoms with E-state index in [1.807, 2.05) is 0 Å². The first-order chi connectivity index (χ1) is 9.80. The third-order valence-corrected chi connectivity index (χ3v) is 2.52. The van der Waals surface area contributed by atoms with E-state index in [2.05, 4.69) is 9.47 Å². The molecule has 21 heavy (non-hydrogen) atoms. The van der Waals surface area contributed by atoms with E-state index in [1.165, 1.54) is 18.2 Å². The Hall–Kier alpha value is -2.51. The fourth-order valence-electron chi connectivity index (χ4n) is 1.60. The summed E-state index contributed by atoms with van der Waals surface area (Å²) in [7, 11) is 1.11. The van der Waals surface area contributed by atoms with Crippen LogP contribution in [-0.4, -0.2) is 25.9 Å². The van der Waals surface area contributed by atoms with Gasteiger partial charge in [-0.05, 0) is 18.2 Å². The molecule has 5 nitrogen and oxygen atoms in total. The predicted molar refractivity (Wildman–Crippen MR) is 65.4 cm³/mol. The van der Waals surface area contributed by atoms with Crippen molar-refractivity contribution in [3.63, 3.8) is 0 Å². The Labute approximate surface area is 115 Å². The van der Waals surface area contributed by atoms with E-state index in [0.29, 0.717) is 5.39 Å². The molecule has 1 aromatic heterocycles. The van der Waals surface area contributed by atoms with E-state index in [0.717, 1.165) is 13.2 Å². The van der Waals surface area contributed by atoms with Gasteiger partial charge in [-0.1, -0.05) is 0 Å². The van der Waals surface area contributed by atoms with E-state index in [-0.39, 0.29) is 16.9 Å². The Bertz CT molecular complexity index is 733. The van der Waals surface area contributed by atoms with Gasteiger partial charge in [-0.2, -0.15) is 13.2 Å². The quantitative estimate of drug-likeness (QED) is 0.644. The summed E-state index contributed by atoms with van der Waals surface area (Å²) in [6.45, 7) is -1.46. The van der Waals surface area contributed by atoms with Crippen molar-refractivity contribution in [2.45, 2.75) is 6.18 Å². The zero-order chi connectivity index (χ0) is 15.6. The average Bonchev–Trinajstić information content (AvgIpc) is 2.42. The summed E-state index contributed by atoms with van der Waals surface area (Å²) >= 11 is 0. The molecule has 0 radical (unpaired) electrons. The summed E-state index contributed by atoms with van der Waals surface area (Å²) < 4.78 is 50.0. The van der Waals surface area contributed by atoms with E-state index in [4.69, 9.17) is 4.42 Å². The lowest BCUT2D eigenvalue weighted by Crippen LogP contribution is -2.19. The number of alkyl halides is 3. The van der Waals surface area contributed by atoms with Crippen molar-refractivity contribution in [2.24, 2.45) is 0 Å². The first-order valence-electron chi connectivity index (χ1n) is 5.66. The molecule has 0 N–H and O–H groups in total. The molecule has 0 aliphatic carbocycles. The van der Waals surface area contributed by atoms with Crippen LogP contribution >= 0.6 is 0 Å². The highest BCUT2D eigenvalue weighted by atomic mass is 19.4. The fourth-order valence-corrected chi connectivity index (χ4v) is 1.60. The van der Waals surface area contributed by atoms with Crippen molar-refractivity contribution >= 4 is 16.9 Å². The number of hydrogen-bond donors (Lipinski definition) is 0. The normalized spacial score (nSPS) is 11.4. The zero-order valence-electron chi connectivity index (χ0n) is 10.7. The van der Waals surface area contributed by atoms with Gasteiger partial charge in [-0.25, -0.2) is 9.59 Å². The second kappa shape index (κ2) is 5.47. The Balaban J connectivity index is 2.37. The number of methoxy groups -OCH3 is 1. The van der Waals surface area contributed by atoms with E-state index < -0.39 is 24.4 Å². The monoisotopic (exact) mass is 302 g/mol. The van der Waals surface area contributed by atoms with E-state index in [1.54, 1.807) is 0 Å². The molecular weight excluding hydrogens is 293 g/mol. The van der Waals surface area contributed by atoms with E-state index >= 15 is 0 Å². The Morgan fingerprint density at radius 2 is 2.00 bits per heavy atom. The van der Waals surface area contributed by atoms with Crippen molar-refractivity contribution in [1.82, 2.24) is 0 Å². The van der Waals surface area contributed by atoms with Crippen molar-refractivity contribution < 1.29 is 31.9 Å². The van der Waals surface area contributed by atoms with Crippen molar-refractivity contribution in [1.29, 1.82) is 0 Å². The van der Waals surface area contributed by atoms with Gasteiger partial charge in [0.05, 0.1) is 7.11 Å². The van der Waals surface area contributed by atoms with Crippen molar-refractivity contribution in [3.05, 3.63) is 40.2 Å². The van der Waals surface area contributed by atoms with Crippen LogP contribution in [0.3, 0.4) is 0 Å². The lowest BCUT2D eigenvalue weighted by atomic mass is 10.2. The van der Waals surface area contributed by atoms with Gasteiger partial charge >= 0.3 is 17.8 Å². The van der Waals surface area contributed by atoms with Crippen molar-refractivity contribution in [3.8, 4) is 5.75 Å². The van der Waals surface area contributed by atoms with Crippen LogP contribution in [0.5, 0.6) is 5.75 Å². The second-order valence-corrected chi connectivity index (χ2v) is 4.04. The van der Waals surface area contributed by atoms with Gasteiger partial charge in [0.15, 0.2) is 6.61 Å². The van der Waals surface area contributed by atoms with Crippen LogP contribution in [0, 0.1) is 0 Å². The molecule has 8 heteroatoms. The van der Waals surface area contributed by atoms with Crippen LogP contribution in [-0.2, 0) is 4.74 Å². The highest BCUT2D eigenvalue weighted by Crippen LogP contribution is 2.23. The molecular formula is C13H9F3O5. The van der Waals surface area contributed by atoms with Gasteiger partial charge in [0, 0.05) is 11.5 Å². The summed E-state index contributed by atoms with van der Waals surface area (Å²) in [4.78, 5) is 22.9. The van der Waals surface area contributed by atoms with Crippen LogP contribution in [0.1, 0.15) is 10.4 Å². The van der Waals surface area contributed by atoms with Crippen LogP contribution in [0.15, 0.2) is 33.5 Å². The van der Waals surface area contributed by atoms with E-state index in [9.17, 15) is 22.8 Å². The van der Waals surface area contributed by atoms with Gasteiger partial charge in [0.25, 0.3) is 0 Å². The highest BCUT2D eigenvalue weighted by Gasteiger charge is 2.28. The van der Waals surface area contributed by atoms with Crippen LogP contribution in [0.25, 0.3) is 11.0 Å². The van der Waals surface area contributed by atoms with Crippen molar-refractivity contribution in [2.75, 3.05) is 13.7 Å². The first-order valence-corrected chi connectivity index (χ1v) is 5.66. The van der Waals surface area contributed by atoms with Crippen LogP contribution < -0.4 is 10.4 Å². The van der Waals surface area contributed by atoms with Gasteiger partial charge in [-0.15, -0.1) is 0 Å². The first kappa shape index (κ1) is 14.9. The minimum absolute atomic E-state index is 0.00678. The standard InChI is InChI=1S/C13H9F3O5/c1-19-11(17)9-4-7-2-3-8(20-6-13(14,15)16)5-10(7)21-12(9)18/h2-5H,6H2,1H3. The predicted octanol–water partition coefficient (Wildman–Crippen LogP) is 2.52. The number of carbonyl (C=O) groups is 1. The number of ether oxygens (including phenoxy) is 2. The average molecular weight is 302 g/mol. The number of rotatable bonds is 3. The molecule has 2 rings (SSSR count). The number of hydrogen-bond acceptors (Lipinski definition) is 5. The third-order valence-electron chi connectivity index (χ3n) is 2.52. The maximum Gasteiger partial charge on any atom is 0.422 e. The molecule has 0 aliphatic rings. The largest absolute Gasteiger partial charge is 0.484 e. The van der Waals surface area contributed by atoms with Gasteiger partial charge in [-0.3, -0.25) is 0 Å². The maximum atomic E-state index is 12.1. The molecule has 0 atom stereocenters. The molecule has 1 aromatic carbocycles. The lowest BCUT2D eigenvalue weighted by Gasteiger charge is -2.09. The fraction of sp³-hybridized carbons (Fsp3) is 0.231. The molecule has 2 aromatic rings. The molecule has 0 saturated carbocycles. The number of halogens is 3. The van der Waals surface area contributed by atoms with Crippen LogP contribution in [0.2, 0.25) is 0 Å². The Morgan fingerprint density at radius 1 is 1.29 bits per heavy atom. The Morgan fingerprint density at radius 3 is 2.62 bits per heavy atom. The van der Waals surface area contributed by atoms with Gasteiger partial charge in [0.2, 0.25) is 0 Å². The van der Waals surface area contributed by atoms with Gasteiger partial charge in [0.1, 0.15) is 16.9 Å². The minimum Gasteiger partial charge on any atom is -0.484 e. The minimum atomic E-state index is -4.47. The zero-order valence-corrected chi connectivity index (χ0v) is 10.7. The smallest absolute Gasteiger partial charge is 0.422 e. The molecule has 0 saturated heterocycles. The van der Waals surface area contributed by atoms with Gasteiger partial charge < -0.3 is 13.9 Å². The maximum absolute atomic E-state index is 12.1. The summed E-state index contributed by atoms with van der Waals surface area (Å²) in [6, 6.07) is 5.02. The van der Waals surface area contributed by atoms with Crippen LogP contribution in [0.4, 0.5) is 13.2 Å². The summed E-state index contributed by atoms with van der Waals surface area (Å²) in [5.41, 5.74) is -1.23. The number of fused-ring (bicyclic) bond motifs is 1. The molecule has 112 valence electrons. The summed E-state index contributed by atoms with van der Waals surface area (Å²) in [5.74, 6) is -0.961. The topological polar surface area (TPSA) is 65.7 Å². The molecule has 0 amide bonds. The molecule has 0 spiro atoms. The molecule has 0 bridgehead atoms. The number of benzene rings is 1. The summed E-state index contributed by atoms with van der Waals surface area (Å²) in [6.07, 6.45) is -4.47.